The third-order valence-electron chi connectivity index (χ3n) is 3.67. The molecule has 8 heteroatoms. The summed E-state index contributed by atoms with van der Waals surface area (Å²) >= 11 is 0. The number of rotatable bonds is 4. The Balaban J connectivity index is -0.000000306. The SMILES string of the molecule is CC.CC.CC.CC.O=S(=O)([N-]c1ccccc1-c1ccccn1)c1ccccc1.[Ni+2].[SH-].c1ccncc1. The molecule has 38 heavy (non-hydrogen) atoms. The number of hydrogen-bond donors (Lipinski definition) is 0. The van der Waals surface area contributed by atoms with Crippen LogP contribution in [0.1, 0.15) is 55.4 Å². The minimum Gasteiger partial charge on any atom is -0.813 e. The molecule has 2 aromatic heterocycles. The Labute approximate surface area is 249 Å². The quantitative estimate of drug-likeness (QED) is 0.133. The first kappa shape index (κ1) is 42.4. The van der Waals surface area contributed by atoms with Gasteiger partial charge in [-0.15, -0.1) is 5.69 Å². The molecule has 0 bridgehead atoms. The minimum absolute atomic E-state index is 0. The summed E-state index contributed by atoms with van der Waals surface area (Å²) < 4.78 is 28.8. The van der Waals surface area contributed by atoms with Crippen molar-refractivity contribution in [2.75, 3.05) is 0 Å². The van der Waals surface area contributed by atoms with E-state index in [4.69, 9.17) is 0 Å². The van der Waals surface area contributed by atoms with Crippen LogP contribution in [0.3, 0.4) is 0 Å². The van der Waals surface area contributed by atoms with Gasteiger partial charge in [0.25, 0.3) is 0 Å². The first-order chi connectivity index (χ1) is 17.7. The van der Waals surface area contributed by atoms with Gasteiger partial charge in [0.1, 0.15) is 10.0 Å². The molecule has 0 amide bonds. The topological polar surface area (TPSA) is 74.0 Å². The van der Waals surface area contributed by atoms with E-state index in [9.17, 15) is 8.42 Å². The molecule has 2 aromatic carbocycles. The fraction of sp³-hybridized carbons (Fsp3) is 0.267. The zero-order chi connectivity index (χ0) is 27.7. The first-order valence-electron chi connectivity index (χ1n) is 12.6. The Morgan fingerprint density at radius 2 is 1.03 bits per heavy atom. The second-order valence-corrected chi connectivity index (χ2v) is 7.24. The van der Waals surface area contributed by atoms with E-state index in [2.05, 4.69) is 14.7 Å². The molecular weight excluding hydrogens is 557 g/mol. The first-order valence-corrected chi connectivity index (χ1v) is 14.0. The molecule has 212 valence electrons. The van der Waals surface area contributed by atoms with Crippen molar-refractivity contribution >= 4 is 29.2 Å². The fourth-order valence-electron chi connectivity index (χ4n) is 2.38. The molecule has 0 aliphatic rings. The molecule has 0 atom stereocenters. The maximum absolute atomic E-state index is 12.4. The van der Waals surface area contributed by atoms with E-state index in [1.165, 1.54) is 12.1 Å². The third kappa shape index (κ3) is 17.0. The Bertz CT molecular complexity index is 1080. The fourth-order valence-corrected chi connectivity index (χ4v) is 3.40. The van der Waals surface area contributed by atoms with Gasteiger partial charge >= 0.3 is 16.5 Å². The number of pyridine rings is 2. The van der Waals surface area contributed by atoms with E-state index in [1.54, 1.807) is 48.9 Å². The predicted octanol–water partition coefficient (Wildman–Crippen LogP) is 9.06. The smallest absolute Gasteiger partial charge is 0.813 e. The predicted molar refractivity (Wildman–Crippen MR) is 165 cm³/mol. The molecule has 0 saturated carbocycles. The second kappa shape index (κ2) is 28.9. The summed E-state index contributed by atoms with van der Waals surface area (Å²) in [5, 5.41) is 0. The second-order valence-electron chi connectivity index (χ2n) is 5.64. The van der Waals surface area contributed by atoms with E-state index in [0.29, 0.717) is 16.9 Å². The molecule has 0 radical (unpaired) electrons. The van der Waals surface area contributed by atoms with Crippen LogP contribution in [0, 0.1) is 0 Å². The summed E-state index contributed by atoms with van der Waals surface area (Å²) in [7, 11) is -3.75. The summed E-state index contributed by atoms with van der Waals surface area (Å²) in [5.74, 6) is 0. The number of nitrogens with zero attached hydrogens (tertiary/aromatic N) is 3. The molecular formula is C30H43N3NiO2S2. The average molecular weight is 601 g/mol. The van der Waals surface area contributed by atoms with E-state index in [1.807, 2.05) is 104 Å². The van der Waals surface area contributed by atoms with Crippen molar-refractivity contribution in [2.24, 2.45) is 0 Å². The minimum atomic E-state index is -3.75. The summed E-state index contributed by atoms with van der Waals surface area (Å²) in [6.07, 6.45) is 5.16. The molecule has 0 aliphatic heterocycles. The van der Waals surface area contributed by atoms with Crippen LogP contribution in [0.2, 0.25) is 0 Å². The van der Waals surface area contributed by atoms with Gasteiger partial charge in [0, 0.05) is 18.6 Å². The molecule has 0 N–H and O–H groups in total. The summed E-state index contributed by atoms with van der Waals surface area (Å²) in [6.45, 7) is 16.0. The van der Waals surface area contributed by atoms with Crippen molar-refractivity contribution in [3.8, 4) is 11.3 Å². The van der Waals surface area contributed by atoms with Gasteiger partial charge in [-0.05, 0) is 42.0 Å². The molecule has 2 heterocycles. The average Bonchev–Trinajstić information content (AvgIpc) is 2.99. The zero-order valence-electron chi connectivity index (χ0n) is 23.7. The van der Waals surface area contributed by atoms with Crippen LogP contribution in [-0.4, -0.2) is 18.4 Å². The monoisotopic (exact) mass is 599 g/mol. The third-order valence-corrected chi connectivity index (χ3v) is 4.98. The molecule has 0 fully saturated rings. The molecule has 0 spiro atoms. The van der Waals surface area contributed by atoms with Gasteiger partial charge in [-0.2, -0.15) is 0 Å². The van der Waals surface area contributed by atoms with Crippen molar-refractivity contribution in [1.29, 1.82) is 0 Å². The van der Waals surface area contributed by atoms with Crippen molar-refractivity contribution in [1.82, 2.24) is 9.97 Å². The Morgan fingerprint density at radius 1 is 0.579 bits per heavy atom. The van der Waals surface area contributed by atoms with Crippen molar-refractivity contribution < 1.29 is 24.9 Å². The van der Waals surface area contributed by atoms with E-state index >= 15 is 0 Å². The maximum Gasteiger partial charge on any atom is 2.00 e. The molecule has 4 rings (SSSR count). The molecule has 0 saturated heterocycles. The van der Waals surface area contributed by atoms with Gasteiger partial charge in [-0.3, -0.25) is 9.97 Å². The van der Waals surface area contributed by atoms with Crippen LogP contribution in [0.4, 0.5) is 5.69 Å². The van der Waals surface area contributed by atoms with Crippen LogP contribution in [0.25, 0.3) is 16.0 Å². The molecule has 4 aromatic rings. The van der Waals surface area contributed by atoms with Crippen molar-refractivity contribution in [2.45, 2.75) is 60.3 Å². The maximum atomic E-state index is 12.4. The number of thiol groups is 1. The van der Waals surface area contributed by atoms with E-state index in [0.717, 1.165) is 0 Å². The van der Waals surface area contributed by atoms with Crippen molar-refractivity contribution in [3.63, 3.8) is 0 Å². The van der Waals surface area contributed by atoms with Crippen LogP contribution >= 0.6 is 0 Å². The van der Waals surface area contributed by atoms with Gasteiger partial charge in [-0.25, -0.2) is 8.42 Å². The van der Waals surface area contributed by atoms with E-state index in [-0.39, 0.29) is 34.9 Å². The Hall–Kier alpha value is -2.67. The summed E-state index contributed by atoms with van der Waals surface area (Å²) in [4.78, 5) is 8.21. The molecule has 0 aliphatic carbocycles. The van der Waals surface area contributed by atoms with Crippen LogP contribution in [0.5, 0.6) is 0 Å². The number of hydrogen-bond acceptors (Lipinski definition) is 5. The zero-order valence-corrected chi connectivity index (χ0v) is 26.4. The molecule has 5 nitrogen and oxygen atoms in total. The van der Waals surface area contributed by atoms with Gasteiger partial charge in [0.2, 0.25) is 0 Å². The summed E-state index contributed by atoms with van der Waals surface area (Å²) in [6, 6.07) is 26.4. The Morgan fingerprint density at radius 3 is 1.47 bits per heavy atom. The van der Waals surface area contributed by atoms with Gasteiger partial charge in [0.05, 0.1) is 10.6 Å². The molecule has 0 unspecified atom stereocenters. The van der Waals surface area contributed by atoms with Crippen LogP contribution in [-0.2, 0) is 40.0 Å². The van der Waals surface area contributed by atoms with Crippen LogP contribution in [0.15, 0.2) is 114 Å². The Kier molecular flexibility index (Phi) is 32.3. The normalized spacial score (nSPS) is 8.32. The van der Waals surface area contributed by atoms with E-state index < -0.39 is 10.0 Å². The van der Waals surface area contributed by atoms with Gasteiger partial charge in [-0.1, -0.05) is 110 Å². The standard InChI is InChI=1S/C17H13N2O2S.C5H5N.4C2H6.Ni.H2S/c20-22(21,14-8-2-1-3-9-14)19-17-12-5-4-10-15(17)16-11-6-7-13-18-16;1-2-4-6-5-3-1;4*1-2;;/h1-13H;1-5H;4*1-2H3;;1H2/q-1;;;;;;+2;/p-1. The van der Waals surface area contributed by atoms with Crippen molar-refractivity contribution in [3.05, 3.63) is 114 Å². The largest absolute Gasteiger partial charge is 2.00 e. The number of aromatic nitrogens is 2. The summed E-state index contributed by atoms with van der Waals surface area (Å²) in [5.41, 5.74) is 1.75. The van der Waals surface area contributed by atoms with Gasteiger partial charge in [0.15, 0.2) is 0 Å². The number of benzene rings is 2. The van der Waals surface area contributed by atoms with Gasteiger partial charge < -0.3 is 18.2 Å². The van der Waals surface area contributed by atoms with Crippen LogP contribution < -0.4 is 0 Å². The number of sulfonamides is 1.